The number of urea groups is 1. The minimum Gasteiger partial charge on any atom is -0.497 e. The zero-order valence-electron chi connectivity index (χ0n) is 17.3. The van der Waals surface area contributed by atoms with Crippen molar-refractivity contribution in [3.63, 3.8) is 0 Å². The summed E-state index contributed by atoms with van der Waals surface area (Å²) in [6.07, 6.45) is 0.794. The summed E-state index contributed by atoms with van der Waals surface area (Å²) in [6, 6.07) is 14.3. The molecule has 2 N–H and O–H groups in total. The highest BCUT2D eigenvalue weighted by molar-refractivity contribution is 7.12. The van der Waals surface area contributed by atoms with E-state index in [1.807, 2.05) is 40.6 Å². The van der Waals surface area contributed by atoms with Gasteiger partial charge in [-0.2, -0.15) is 0 Å². The Bertz CT molecular complexity index is 1080. The third kappa shape index (κ3) is 4.80. The molecule has 3 aromatic rings. The molecule has 8 heteroatoms. The van der Waals surface area contributed by atoms with E-state index in [-0.39, 0.29) is 11.9 Å². The number of carbonyl (C=O) groups is 2. The van der Waals surface area contributed by atoms with Gasteiger partial charge < -0.3 is 25.0 Å². The Morgan fingerprint density at radius 3 is 2.35 bits per heavy atom. The topological polar surface area (TPSA) is 79.9 Å². The van der Waals surface area contributed by atoms with Gasteiger partial charge in [0.15, 0.2) is 0 Å². The molecule has 0 saturated heterocycles. The van der Waals surface area contributed by atoms with E-state index in [1.165, 1.54) is 16.9 Å². The Morgan fingerprint density at radius 2 is 1.68 bits per heavy atom. The van der Waals surface area contributed by atoms with Gasteiger partial charge in [-0.25, -0.2) is 4.79 Å². The number of hydrogen-bond donors (Lipinski definition) is 2. The van der Waals surface area contributed by atoms with Crippen molar-refractivity contribution in [3.05, 3.63) is 69.9 Å². The van der Waals surface area contributed by atoms with Gasteiger partial charge in [-0.15, -0.1) is 11.3 Å². The Morgan fingerprint density at radius 1 is 0.935 bits per heavy atom. The van der Waals surface area contributed by atoms with Crippen LogP contribution in [0.1, 0.15) is 20.8 Å². The quantitative estimate of drug-likeness (QED) is 0.611. The van der Waals surface area contributed by atoms with Crippen LogP contribution in [-0.4, -0.2) is 37.6 Å². The molecule has 0 aliphatic carbocycles. The van der Waals surface area contributed by atoms with Gasteiger partial charge in [0.2, 0.25) is 0 Å². The molecule has 4 rings (SSSR count). The summed E-state index contributed by atoms with van der Waals surface area (Å²) in [6.45, 7) is 1.21. The summed E-state index contributed by atoms with van der Waals surface area (Å²) < 4.78 is 10.5. The van der Waals surface area contributed by atoms with E-state index >= 15 is 0 Å². The largest absolute Gasteiger partial charge is 0.497 e. The van der Waals surface area contributed by atoms with Gasteiger partial charge in [0, 0.05) is 42.7 Å². The van der Waals surface area contributed by atoms with Gasteiger partial charge in [0.05, 0.1) is 19.1 Å². The first kappa shape index (κ1) is 20.7. The van der Waals surface area contributed by atoms with Crippen molar-refractivity contribution >= 4 is 34.6 Å². The molecular formula is C23H23N3O4S. The lowest BCUT2D eigenvalue weighted by Crippen LogP contribution is -2.35. The lowest BCUT2D eigenvalue weighted by atomic mass is 9.99. The standard InChI is InChI=1S/C23H23N3O4S/c1-29-19-11-18(12-20(13-19)30-2)25-23(28)24-17-6-5-15-7-8-26(14-16(15)10-17)22(27)21-4-3-9-31-21/h3-6,9-13H,7-8,14H2,1-2H3,(H2,24,25,28). The molecule has 1 aliphatic rings. The number of carbonyl (C=O) groups excluding carboxylic acids is 2. The van der Waals surface area contributed by atoms with E-state index in [0.29, 0.717) is 36.0 Å². The van der Waals surface area contributed by atoms with Crippen molar-refractivity contribution in [1.29, 1.82) is 0 Å². The molecule has 0 radical (unpaired) electrons. The van der Waals surface area contributed by atoms with E-state index in [0.717, 1.165) is 16.9 Å². The molecule has 2 aromatic carbocycles. The zero-order valence-corrected chi connectivity index (χ0v) is 18.1. The highest BCUT2D eigenvalue weighted by Gasteiger charge is 2.22. The van der Waals surface area contributed by atoms with E-state index in [2.05, 4.69) is 10.6 Å². The Hall–Kier alpha value is -3.52. The fourth-order valence-electron chi connectivity index (χ4n) is 3.54. The number of amides is 3. The molecule has 0 bridgehead atoms. The number of methoxy groups -OCH3 is 2. The van der Waals surface area contributed by atoms with E-state index in [9.17, 15) is 9.59 Å². The molecule has 2 heterocycles. The summed E-state index contributed by atoms with van der Waals surface area (Å²) in [7, 11) is 3.11. The van der Waals surface area contributed by atoms with Crippen molar-refractivity contribution in [1.82, 2.24) is 4.90 Å². The third-order valence-corrected chi connectivity index (χ3v) is 5.96. The second-order valence-electron chi connectivity index (χ2n) is 7.12. The third-order valence-electron chi connectivity index (χ3n) is 5.10. The maximum Gasteiger partial charge on any atom is 0.323 e. The molecule has 0 fully saturated rings. The Balaban J connectivity index is 1.44. The summed E-state index contributed by atoms with van der Waals surface area (Å²) in [5.41, 5.74) is 3.45. The molecule has 7 nitrogen and oxygen atoms in total. The normalized spacial score (nSPS) is 12.6. The van der Waals surface area contributed by atoms with Crippen LogP contribution < -0.4 is 20.1 Å². The minimum atomic E-state index is -0.377. The number of rotatable bonds is 5. The maximum atomic E-state index is 12.7. The van der Waals surface area contributed by atoms with Gasteiger partial charge in [0.25, 0.3) is 5.91 Å². The van der Waals surface area contributed by atoms with Crippen molar-refractivity contribution in [2.45, 2.75) is 13.0 Å². The molecule has 31 heavy (non-hydrogen) atoms. The summed E-state index contributed by atoms with van der Waals surface area (Å²) in [5, 5.41) is 7.55. The van der Waals surface area contributed by atoms with E-state index in [1.54, 1.807) is 32.4 Å². The van der Waals surface area contributed by atoms with Gasteiger partial charge in [-0.3, -0.25) is 4.79 Å². The first-order valence-corrected chi connectivity index (χ1v) is 10.7. The number of nitrogens with one attached hydrogen (secondary N) is 2. The fraction of sp³-hybridized carbons (Fsp3) is 0.217. The highest BCUT2D eigenvalue weighted by Crippen LogP contribution is 2.27. The number of fused-ring (bicyclic) bond motifs is 1. The second-order valence-corrected chi connectivity index (χ2v) is 8.07. The minimum absolute atomic E-state index is 0.0451. The molecule has 1 aliphatic heterocycles. The lowest BCUT2D eigenvalue weighted by Gasteiger charge is -2.29. The van der Waals surface area contributed by atoms with Crippen molar-refractivity contribution < 1.29 is 19.1 Å². The molecule has 1 aromatic heterocycles. The van der Waals surface area contributed by atoms with Crippen LogP contribution in [0.25, 0.3) is 0 Å². The lowest BCUT2D eigenvalue weighted by molar-refractivity contribution is 0.0739. The van der Waals surface area contributed by atoms with Crippen molar-refractivity contribution in [2.24, 2.45) is 0 Å². The fourth-order valence-corrected chi connectivity index (χ4v) is 4.23. The number of hydrogen-bond acceptors (Lipinski definition) is 5. The summed E-state index contributed by atoms with van der Waals surface area (Å²) >= 11 is 1.45. The van der Waals surface area contributed by atoms with Crippen LogP contribution in [0, 0.1) is 0 Å². The summed E-state index contributed by atoms with van der Waals surface area (Å²) in [5.74, 6) is 1.21. The van der Waals surface area contributed by atoms with Crippen LogP contribution >= 0.6 is 11.3 Å². The Kier molecular flexibility index (Phi) is 6.08. The number of thiophene rings is 1. The summed E-state index contributed by atoms with van der Waals surface area (Å²) in [4.78, 5) is 27.8. The van der Waals surface area contributed by atoms with Crippen LogP contribution in [-0.2, 0) is 13.0 Å². The molecule has 160 valence electrons. The SMILES string of the molecule is COc1cc(NC(=O)Nc2ccc3c(c2)CN(C(=O)c2cccs2)CC3)cc(OC)c1. The molecule has 0 spiro atoms. The monoisotopic (exact) mass is 437 g/mol. The van der Waals surface area contributed by atoms with Gasteiger partial charge in [0.1, 0.15) is 11.5 Å². The number of nitrogens with zero attached hydrogens (tertiary/aromatic N) is 1. The van der Waals surface area contributed by atoms with Crippen LogP contribution in [0.4, 0.5) is 16.2 Å². The first-order chi connectivity index (χ1) is 15.1. The molecule has 3 amide bonds. The molecule has 0 saturated carbocycles. The maximum absolute atomic E-state index is 12.7. The van der Waals surface area contributed by atoms with Crippen LogP contribution in [0.3, 0.4) is 0 Å². The van der Waals surface area contributed by atoms with Crippen LogP contribution in [0.5, 0.6) is 11.5 Å². The molecule has 0 unspecified atom stereocenters. The zero-order chi connectivity index (χ0) is 21.8. The number of benzene rings is 2. The smallest absolute Gasteiger partial charge is 0.323 e. The van der Waals surface area contributed by atoms with Crippen molar-refractivity contribution in [3.8, 4) is 11.5 Å². The van der Waals surface area contributed by atoms with Gasteiger partial charge in [-0.05, 0) is 41.1 Å². The van der Waals surface area contributed by atoms with Gasteiger partial charge in [-0.1, -0.05) is 12.1 Å². The Labute approximate surface area is 184 Å². The van der Waals surface area contributed by atoms with Crippen LogP contribution in [0.2, 0.25) is 0 Å². The number of anilines is 2. The van der Waals surface area contributed by atoms with E-state index in [4.69, 9.17) is 9.47 Å². The molecular weight excluding hydrogens is 414 g/mol. The van der Waals surface area contributed by atoms with E-state index < -0.39 is 0 Å². The van der Waals surface area contributed by atoms with Crippen molar-refractivity contribution in [2.75, 3.05) is 31.4 Å². The second kappa shape index (κ2) is 9.09. The predicted molar refractivity (Wildman–Crippen MR) is 121 cm³/mol. The average Bonchev–Trinajstić information content (AvgIpc) is 3.32. The van der Waals surface area contributed by atoms with Gasteiger partial charge >= 0.3 is 6.03 Å². The number of ether oxygens (including phenoxy) is 2. The molecule has 0 atom stereocenters. The predicted octanol–water partition coefficient (Wildman–Crippen LogP) is 4.61. The van der Waals surface area contributed by atoms with Crippen LogP contribution in [0.15, 0.2) is 53.9 Å². The average molecular weight is 438 g/mol. The highest BCUT2D eigenvalue weighted by atomic mass is 32.1. The first-order valence-electron chi connectivity index (χ1n) is 9.81.